The molecule has 0 spiro atoms. The van der Waals surface area contributed by atoms with Gasteiger partial charge in [-0.2, -0.15) is 0 Å². The van der Waals surface area contributed by atoms with Crippen molar-refractivity contribution in [1.82, 2.24) is 0 Å². The molecule has 1 N–H and O–H groups in total. The lowest BCUT2D eigenvalue weighted by Gasteiger charge is -1.99. The fourth-order valence-electron chi connectivity index (χ4n) is 0.837. The first-order valence-electron chi connectivity index (χ1n) is 3.31. The van der Waals surface area contributed by atoms with Crippen molar-refractivity contribution in [2.45, 2.75) is 0 Å². The first-order chi connectivity index (χ1) is 6.29. The number of azide groups is 1. The molecule has 0 aliphatic carbocycles. The van der Waals surface area contributed by atoms with Crippen LogP contribution in [0, 0.1) is 0 Å². The molecule has 0 saturated heterocycles. The second-order valence-corrected chi connectivity index (χ2v) is 2.46. The minimum atomic E-state index is -0.108. The second kappa shape index (κ2) is 4.35. The van der Waals surface area contributed by atoms with Crippen LogP contribution in [0.15, 0.2) is 34.5 Å². The predicted octanol–water partition coefficient (Wildman–Crippen LogP) is 3.00. The van der Waals surface area contributed by atoms with Gasteiger partial charge in [-0.05, 0) is 5.53 Å². The smallest absolute Gasteiger partial charge is 0.175 e. The number of benzene rings is 1. The molecule has 1 aromatic rings. The average Bonchev–Trinajstić information content (AvgIpc) is 2.18. The van der Waals surface area contributed by atoms with Gasteiger partial charge in [-0.1, -0.05) is 46.1 Å². The number of rotatable bonds is 2. The Morgan fingerprint density at radius 2 is 2.15 bits per heavy atom. The fraction of sp³-hybridized carbons (Fsp3) is 0. The van der Waals surface area contributed by atoms with E-state index in [9.17, 15) is 0 Å². The Morgan fingerprint density at radius 3 is 2.77 bits per heavy atom. The lowest BCUT2D eigenvalue weighted by atomic mass is 10.2. The van der Waals surface area contributed by atoms with E-state index in [-0.39, 0.29) is 5.17 Å². The van der Waals surface area contributed by atoms with Crippen LogP contribution in [0.25, 0.3) is 10.4 Å². The van der Waals surface area contributed by atoms with E-state index < -0.39 is 0 Å². The Morgan fingerprint density at radius 1 is 1.46 bits per heavy atom. The zero-order valence-corrected chi connectivity index (χ0v) is 7.18. The molecule has 6 heteroatoms. The van der Waals surface area contributed by atoms with Gasteiger partial charge in [-0.25, -0.2) is 0 Å². The van der Waals surface area contributed by atoms with Crippen molar-refractivity contribution in [3.63, 3.8) is 0 Å². The molecule has 0 fully saturated rings. The van der Waals surface area contributed by atoms with Gasteiger partial charge in [-0.15, -0.1) is 0 Å². The highest BCUT2D eigenvalue weighted by atomic mass is 35.5. The summed E-state index contributed by atoms with van der Waals surface area (Å²) in [6.45, 7) is 0. The van der Waals surface area contributed by atoms with Gasteiger partial charge in [0.05, 0.1) is 0 Å². The molecule has 1 aromatic carbocycles. The molecule has 0 aliphatic heterocycles. The maximum atomic E-state index is 8.40. The highest BCUT2D eigenvalue weighted by Gasteiger charge is 2.04. The summed E-state index contributed by atoms with van der Waals surface area (Å²) in [5.41, 5.74) is 8.93. The topological polar surface area (TPSA) is 81.4 Å². The lowest BCUT2D eigenvalue weighted by Crippen LogP contribution is -1.90. The fourth-order valence-corrected chi connectivity index (χ4v) is 0.997. The maximum absolute atomic E-state index is 8.40. The van der Waals surface area contributed by atoms with Crippen molar-refractivity contribution in [1.29, 1.82) is 0 Å². The normalized spacial score (nSPS) is 10.7. The van der Waals surface area contributed by atoms with Crippen LogP contribution >= 0.6 is 11.6 Å². The van der Waals surface area contributed by atoms with Crippen molar-refractivity contribution in [2.24, 2.45) is 10.3 Å². The van der Waals surface area contributed by atoms with Crippen LogP contribution in [0.4, 0.5) is 5.69 Å². The van der Waals surface area contributed by atoms with Gasteiger partial charge in [-0.3, -0.25) is 0 Å². The van der Waals surface area contributed by atoms with E-state index in [2.05, 4.69) is 15.2 Å². The summed E-state index contributed by atoms with van der Waals surface area (Å²) in [5.74, 6) is 0. The number of halogens is 1. The molecule has 0 unspecified atom stereocenters. The number of nitrogens with zero attached hydrogens (tertiary/aromatic N) is 4. The van der Waals surface area contributed by atoms with Crippen molar-refractivity contribution in [2.75, 3.05) is 0 Å². The summed E-state index contributed by atoms with van der Waals surface area (Å²) in [6.07, 6.45) is 0. The van der Waals surface area contributed by atoms with Gasteiger partial charge in [0.2, 0.25) is 0 Å². The van der Waals surface area contributed by atoms with Gasteiger partial charge in [0, 0.05) is 16.2 Å². The number of hydrogen-bond acceptors (Lipinski definition) is 3. The molecule has 0 radical (unpaired) electrons. The number of oxime groups is 1. The Bertz CT molecular complexity index is 384. The molecule has 5 nitrogen and oxygen atoms in total. The van der Waals surface area contributed by atoms with E-state index in [1.165, 1.54) is 0 Å². The van der Waals surface area contributed by atoms with E-state index in [4.69, 9.17) is 22.3 Å². The third-order valence-corrected chi connectivity index (χ3v) is 1.65. The molecule has 0 aromatic heterocycles. The van der Waals surface area contributed by atoms with Crippen LogP contribution in [0.2, 0.25) is 0 Å². The molecule has 0 bridgehead atoms. The van der Waals surface area contributed by atoms with E-state index in [0.717, 1.165) is 0 Å². The molecular weight excluding hydrogens is 192 g/mol. The van der Waals surface area contributed by atoms with Crippen molar-refractivity contribution >= 4 is 22.5 Å². The Hall–Kier alpha value is -1.71. The van der Waals surface area contributed by atoms with Gasteiger partial charge >= 0.3 is 0 Å². The van der Waals surface area contributed by atoms with Crippen molar-refractivity contribution < 1.29 is 5.21 Å². The SMILES string of the molecule is [N-]=[N+]=Nc1ccccc1/C(Cl)=N/O. The van der Waals surface area contributed by atoms with Gasteiger partial charge in [0.1, 0.15) is 0 Å². The quantitative estimate of drug-likeness (QED) is 0.194. The Balaban J connectivity index is 3.27. The van der Waals surface area contributed by atoms with Crippen LogP contribution in [0.5, 0.6) is 0 Å². The summed E-state index contributed by atoms with van der Waals surface area (Å²) in [7, 11) is 0. The summed E-state index contributed by atoms with van der Waals surface area (Å²) in [4.78, 5) is 2.61. The van der Waals surface area contributed by atoms with Crippen LogP contribution in [0.1, 0.15) is 5.56 Å². The summed E-state index contributed by atoms with van der Waals surface area (Å²) >= 11 is 5.55. The lowest BCUT2D eigenvalue weighted by molar-refractivity contribution is 0.321. The predicted molar refractivity (Wildman–Crippen MR) is 49.4 cm³/mol. The highest BCUT2D eigenvalue weighted by molar-refractivity contribution is 6.70. The van der Waals surface area contributed by atoms with Gasteiger partial charge in [0.25, 0.3) is 0 Å². The molecule has 66 valence electrons. The first-order valence-corrected chi connectivity index (χ1v) is 3.69. The Labute approximate surface area is 78.9 Å². The minimum Gasteiger partial charge on any atom is -0.410 e. The van der Waals surface area contributed by atoms with E-state index in [1.54, 1.807) is 24.3 Å². The van der Waals surface area contributed by atoms with Crippen LogP contribution in [-0.4, -0.2) is 10.4 Å². The van der Waals surface area contributed by atoms with E-state index in [1.807, 2.05) is 0 Å². The molecule has 0 saturated carbocycles. The third-order valence-electron chi connectivity index (χ3n) is 1.37. The van der Waals surface area contributed by atoms with Crippen LogP contribution in [-0.2, 0) is 0 Å². The summed E-state index contributed by atoms with van der Waals surface area (Å²) in [6, 6.07) is 6.54. The first kappa shape index (κ1) is 9.38. The standard InChI is InChI=1S/C7H5ClN4O/c8-7(11-13)5-3-1-2-4-6(5)10-12-9/h1-4,13H/b11-7-. The summed E-state index contributed by atoms with van der Waals surface area (Å²) < 4.78 is 0. The molecule has 0 amide bonds. The molecule has 0 atom stereocenters. The average molecular weight is 197 g/mol. The minimum absolute atomic E-state index is 0.108. The maximum Gasteiger partial charge on any atom is 0.175 e. The zero-order valence-electron chi connectivity index (χ0n) is 6.42. The Kier molecular flexibility index (Phi) is 3.14. The van der Waals surface area contributed by atoms with E-state index in [0.29, 0.717) is 11.3 Å². The van der Waals surface area contributed by atoms with Crippen molar-refractivity contribution in [3.8, 4) is 0 Å². The number of hydrogen-bond donors (Lipinski definition) is 1. The molecule has 0 aliphatic rings. The van der Waals surface area contributed by atoms with Crippen LogP contribution < -0.4 is 0 Å². The summed E-state index contributed by atoms with van der Waals surface area (Å²) in [5, 5.41) is 14.5. The molecule has 0 heterocycles. The van der Waals surface area contributed by atoms with Crippen molar-refractivity contribution in [3.05, 3.63) is 40.3 Å². The molecular formula is C7H5ClN4O. The van der Waals surface area contributed by atoms with Gasteiger partial charge in [0.15, 0.2) is 5.17 Å². The van der Waals surface area contributed by atoms with E-state index >= 15 is 0 Å². The molecule has 13 heavy (non-hydrogen) atoms. The zero-order chi connectivity index (χ0) is 9.68. The molecule has 1 rings (SSSR count). The monoisotopic (exact) mass is 196 g/mol. The van der Waals surface area contributed by atoms with Gasteiger partial charge < -0.3 is 5.21 Å². The van der Waals surface area contributed by atoms with Crippen LogP contribution in [0.3, 0.4) is 0 Å². The second-order valence-electron chi connectivity index (χ2n) is 2.10. The highest BCUT2D eigenvalue weighted by Crippen LogP contribution is 2.20. The third kappa shape index (κ3) is 2.11. The largest absolute Gasteiger partial charge is 0.410 e.